The van der Waals surface area contributed by atoms with Gasteiger partial charge >= 0.3 is 0 Å². The Morgan fingerprint density at radius 3 is 2.55 bits per heavy atom. The number of rotatable bonds is 4. The van der Waals surface area contributed by atoms with E-state index >= 15 is 0 Å². The molecule has 0 aliphatic heterocycles. The molecule has 0 heterocycles. The fourth-order valence-corrected chi connectivity index (χ4v) is 2.84. The molecule has 0 amide bonds. The average Bonchev–Trinajstić information content (AvgIpc) is 2.93. The van der Waals surface area contributed by atoms with Crippen molar-refractivity contribution in [3.63, 3.8) is 0 Å². The van der Waals surface area contributed by atoms with Crippen molar-refractivity contribution in [2.45, 2.75) is 25.4 Å². The normalized spacial score (nSPS) is 14.9. The standard InChI is InChI=1S/C17H18ClNO/c18-15-7-4-13(5-8-15)17(11-19)20-16-9-6-12-2-1-3-14(12)10-16/h4-10,17H,1-3,11,19H2. The molecule has 0 spiro atoms. The van der Waals surface area contributed by atoms with E-state index in [-0.39, 0.29) is 6.10 Å². The molecule has 2 N–H and O–H groups in total. The fourth-order valence-electron chi connectivity index (χ4n) is 2.72. The van der Waals surface area contributed by atoms with Gasteiger partial charge in [0.2, 0.25) is 0 Å². The molecule has 0 saturated heterocycles. The maximum atomic E-state index is 6.05. The van der Waals surface area contributed by atoms with Crippen molar-refractivity contribution in [2.75, 3.05) is 6.54 Å². The molecule has 2 aromatic rings. The van der Waals surface area contributed by atoms with Gasteiger partial charge < -0.3 is 10.5 Å². The second-order valence-electron chi connectivity index (χ2n) is 5.18. The van der Waals surface area contributed by atoms with Crippen LogP contribution in [0.25, 0.3) is 0 Å². The molecule has 1 aliphatic carbocycles. The van der Waals surface area contributed by atoms with E-state index in [4.69, 9.17) is 22.1 Å². The highest BCUT2D eigenvalue weighted by molar-refractivity contribution is 6.30. The number of hydrogen-bond acceptors (Lipinski definition) is 2. The van der Waals surface area contributed by atoms with Crippen LogP contribution >= 0.6 is 11.6 Å². The van der Waals surface area contributed by atoms with E-state index in [1.165, 1.54) is 24.0 Å². The van der Waals surface area contributed by atoms with Crippen LogP contribution in [-0.2, 0) is 12.8 Å². The lowest BCUT2D eigenvalue weighted by Crippen LogP contribution is -2.18. The molecule has 3 heteroatoms. The molecule has 0 radical (unpaired) electrons. The lowest BCUT2D eigenvalue weighted by molar-refractivity contribution is 0.214. The van der Waals surface area contributed by atoms with Gasteiger partial charge in [-0.3, -0.25) is 0 Å². The molecule has 0 fully saturated rings. The summed E-state index contributed by atoms with van der Waals surface area (Å²) in [4.78, 5) is 0. The summed E-state index contributed by atoms with van der Waals surface area (Å²) in [6, 6.07) is 14.0. The average molecular weight is 288 g/mol. The Bertz CT molecular complexity index is 594. The van der Waals surface area contributed by atoms with Crippen molar-refractivity contribution < 1.29 is 4.74 Å². The highest BCUT2D eigenvalue weighted by atomic mass is 35.5. The number of ether oxygens (including phenoxy) is 1. The van der Waals surface area contributed by atoms with Crippen LogP contribution in [0.4, 0.5) is 0 Å². The summed E-state index contributed by atoms with van der Waals surface area (Å²) < 4.78 is 6.05. The zero-order valence-electron chi connectivity index (χ0n) is 11.3. The van der Waals surface area contributed by atoms with Crippen molar-refractivity contribution in [3.8, 4) is 5.75 Å². The molecule has 104 valence electrons. The largest absolute Gasteiger partial charge is 0.484 e. The number of fused-ring (bicyclic) bond motifs is 1. The van der Waals surface area contributed by atoms with E-state index in [1.54, 1.807) is 0 Å². The highest BCUT2D eigenvalue weighted by Crippen LogP contribution is 2.29. The molecule has 0 aromatic heterocycles. The molecule has 0 bridgehead atoms. The van der Waals surface area contributed by atoms with Crippen molar-refractivity contribution in [2.24, 2.45) is 5.73 Å². The summed E-state index contributed by atoms with van der Waals surface area (Å²) in [5.74, 6) is 0.899. The van der Waals surface area contributed by atoms with Crippen LogP contribution in [-0.4, -0.2) is 6.54 Å². The van der Waals surface area contributed by atoms with Crippen LogP contribution in [0.2, 0.25) is 5.02 Å². The SMILES string of the molecule is NCC(Oc1ccc2c(c1)CCC2)c1ccc(Cl)cc1. The Balaban J connectivity index is 1.79. The first-order chi connectivity index (χ1) is 9.76. The van der Waals surface area contributed by atoms with Crippen LogP contribution in [0, 0.1) is 0 Å². The third kappa shape index (κ3) is 2.82. The van der Waals surface area contributed by atoms with E-state index < -0.39 is 0 Å². The first-order valence-electron chi connectivity index (χ1n) is 7.00. The Labute approximate surface area is 124 Å². The second-order valence-corrected chi connectivity index (χ2v) is 5.61. The topological polar surface area (TPSA) is 35.2 Å². The van der Waals surface area contributed by atoms with Gasteiger partial charge in [0, 0.05) is 11.6 Å². The Kier molecular flexibility index (Phi) is 3.95. The van der Waals surface area contributed by atoms with Crippen molar-refractivity contribution in [1.29, 1.82) is 0 Å². The van der Waals surface area contributed by atoms with Crippen molar-refractivity contribution >= 4 is 11.6 Å². The first-order valence-corrected chi connectivity index (χ1v) is 7.38. The minimum Gasteiger partial charge on any atom is -0.484 e. The van der Waals surface area contributed by atoms with Gasteiger partial charge in [0.25, 0.3) is 0 Å². The molecule has 20 heavy (non-hydrogen) atoms. The van der Waals surface area contributed by atoms with Crippen LogP contribution in [0.3, 0.4) is 0 Å². The molecule has 2 nitrogen and oxygen atoms in total. The predicted octanol–water partition coefficient (Wildman–Crippen LogP) is 3.91. The summed E-state index contributed by atoms with van der Waals surface area (Å²) in [6.45, 7) is 0.443. The Morgan fingerprint density at radius 1 is 1.05 bits per heavy atom. The maximum absolute atomic E-state index is 6.05. The predicted molar refractivity (Wildman–Crippen MR) is 82.3 cm³/mol. The third-order valence-corrected chi connectivity index (χ3v) is 4.06. The van der Waals surface area contributed by atoms with Gasteiger partial charge in [-0.1, -0.05) is 29.8 Å². The van der Waals surface area contributed by atoms with E-state index in [1.807, 2.05) is 30.3 Å². The van der Waals surface area contributed by atoms with Gasteiger partial charge in [0.15, 0.2) is 0 Å². The minimum atomic E-state index is -0.133. The van der Waals surface area contributed by atoms with Gasteiger partial charge in [-0.2, -0.15) is 0 Å². The fraction of sp³-hybridized carbons (Fsp3) is 0.294. The number of benzene rings is 2. The van der Waals surface area contributed by atoms with E-state index in [9.17, 15) is 0 Å². The van der Waals surface area contributed by atoms with Crippen LogP contribution in [0.1, 0.15) is 29.2 Å². The molecule has 1 aliphatic rings. The Morgan fingerprint density at radius 2 is 1.80 bits per heavy atom. The minimum absolute atomic E-state index is 0.133. The van der Waals surface area contributed by atoms with Gasteiger partial charge in [0.1, 0.15) is 11.9 Å². The number of hydrogen-bond donors (Lipinski definition) is 1. The monoisotopic (exact) mass is 287 g/mol. The van der Waals surface area contributed by atoms with Crippen molar-refractivity contribution in [1.82, 2.24) is 0 Å². The number of aryl methyl sites for hydroxylation is 2. The van der Waals surface area contributed by atoms with E-state index in [0.29, 0.717) is 6.54 Å². The Hall–Kier alpha value is -1.51. The summed E-state index contributed by atoms with van der Waals surface area (Å²) >= 11 is 5.91. The van der Waals surface area contributed by atoms with Gasteiger partial charge in [-0.05, 0) is 60.2 Å². The van der Waals surface area contributed by atoms with E-state index in [2.05, 4.69) is 12.1 Å². The third-order valence-electron chi connectivity index (χ3n) is 3.80. The maximum Gasteiger partial charge on any atom is 0.136 e. The zero-order chi connectivity index (χ0) is 13.9. The highest BCUT2D eigenvalue weighted by Gasteiger charge is 2.15. The van der Waals surface area contributed by atoms with Gasteiger partial charge in [-0.25, -0.2) is 0 Å². The van der Waals surface area contributed by atoms with Gasteiger partial charge in [-0.15, -0.1) is 0 Å². The van der Waals surface area contributed by atoms with Crippen LogP contribution in [0.5, 0.6) is 5.75 Å². The lowest BCUT2D eigenvalue weighted by atomic mass is 10.1. The molecule has 1 atom stereocenters. The van der Waals surface area contributed by atoms with Crippen molar-refractivity contribution in [3.05, 3.63) is 64.2 Å². The molecule has 2 aromatic carbocycles. The van der Waals surface area contributed by atoms with Crippen LogP contribution in [0.15, 0.2) is 42.5 Å². The summed E-state index contributed by atoms with van der Waals surface area (Å²) in [6.07, 6.45) is 3.45. The van der Waals surface area contributed by atoms with Crippen LogP contribution < -0.4 is 10.5 Å². The summed E-state index contributed by atoms with van der Waals surface area (Å²) in [5, 5.41) is 0.724. The zero-order valence-corrected chi connectivity index (χ0v) is 12.1. The lowest BCUT2D eigenvalue weighted by Gasteiger charge is -2.18. The van der Waals surface area contributed by atoms with E-state index in [0.717, 1.165) is 22.8 Å². The second kappa shape index (κ2) is 5.86. The molecule has 3 rings (SSSR count). The smallest absolute Gasteiger partial charge is 0.136 e. The molecule has 0 saturated carbocycles. The summed E-state index contributed by atoms with van der Waals surface area (Å²) in [5.41, 5.74) is 9.76. The van der Waals surface area contributed by atoms with Gasteiger partial charge in [0.05, 0.1) is 0 Å². The molecule has 1 unspecified atom stereocenters. The first kappa shape index (κ1) is 13.5. The molecular formula is C17H18ClNO. The quantitative estimate of drug-likeness (QED) is 0.925. The number of halogens is 1. The number of nitrogens with two attached hydrogens (primary N) is 1. The summed E-state index contributed by atoms with van der Waals surface area (Å²) in [7, 11) is 0. The molecular weight excluding hydrogens is 270 g/mol.